The van der Waals surface area contributed by atoms with Crippen molar-refractivity contribution in [2.45, 2.75) is 12.2 Å². The molecule has 1 rings (SSSR count). The summed E-state index contributed by atoms with van der Waals surface area (Å²) in [6.07, 6.45) is -2.29. The minimum absolute atomic E-state index is 0.402. The lowest BCUT2D eigenvalue weighted by Gasteiger charge is -2.08. The van der Waals surface area contributed by atoms with Gasteiger partial charge in [-0.2, -0.15) is 4.21 Å². The molecule has 0 bridgehead atoms. The third kappa shape index (κ3) is 2.49. The van der Waals surface area contributed by atoms with Gasteiger partial charge in [0.15, 0.2) is 9.84 Å². The Kier molecular flexibility index (Phi) is 2.84. The van der Waals surface area contributed by atoms with E-state index < -0.39 is 44.9 Å². The van der Waals surface area contributed by atoms with Gasteiger partial charge in [-0.1, -0.05) is 0 Å². The van der Waals surface area contributed by atoms with Gasteiger partial charge in [0, 0.05) is 0 Å². The molecular formula is C4H8O6S2. The van der Waals surface area contributed by atoms with Gasteiger partial charge in [-0.05, 0) is 0 Å². The van der Waals surface area contributed by atoms with E-state index in [4.69, 9.17) is 9.66 Å². The van der Waals surface area contributed by atoms with Crippen LogP contribution < -0.4 is 0 Å². The van der Waals surface area contributed by atoms with E-state index in [0.29, 0.717) is 0 Å². The van der Waals surface area contributed by atoms with E-state index in [2.05, 4.69) is 4.18 Å². The third-order valence-corrected chi connectivity index (χ3v) is 3.58. The molecular weight excluding hydrogens is 208 g/mol. The molecule has 1 fully saturated rings. The fraction of sp³-hybridized carbons (Fsp3) is 1.00. The number of sulfone groups is 1. The lowest BCUT2D eigenvalue weighted by Crippen LogP contribution is -2.27. The van der Waals surface area contributed by atoms with Crippen molar-refractivity contribution in [3.63, 3.8) is 0 Å². The quantitative estimate of drug-likeness (QED) is 0.533. The Hall–Kier alpha value is -0.0200. The summed E-state index contributed by atoms with van der Waals surface area (Å²) >= 11 is -2.53. The molecule has 0 spiro atoms. The molecule has 2 N–H and O–H groups in total. The van der Waals surface area contributed by atoms with Crippen LogP contribution in [0.2, 0.25) is 0 Å². The second-order valence-corrected chi connectivity index (χ2v) is 5.28. The number of aliphatic hydroxyl groups is 1. The topological polar surface area (TPSA) is 101 Å². The Balaban J connectivity index is 2.64. The first kappa shape index (κ1) is 10.1. The van der Waals surface area contributed by atoms with Crippen LogP contribution >= 0.6 is 0 Å². The summed E-state index contributed by atoms with van der Waals surface area (Å²) in [6, 6.07) is 0. The van der Waals surface area contributed by atoms with E-state index in [9.17, 15) is 12.6 Å². The predicted molar refractivity (Wildman–Crippen MR) is 40.3 cm³/mol. The summed E-state index contributed by atoms with van der Waals surface area (Å²) in [5, 5.41) is 9.02. The molecule has 0 aromatic rings. The second-order valence-electron chi connectivity index (χ2n) is 2.50. The Morgan fingerprint density at radius 2 is 2.00 bits per heavy atom. The largest absolute Gasteiger partial charge is 0.389 e. The van der Waals surface area contributed by atoms with Gasteiger partial charge in [0.05, 0.1) is 17.6 Å². The summed E-state index contributed by atoms with van der Waals surface area (Å²) < 4.78 is 44.2. The van der Waals surface area contributed by atoms with Gasteiger partial charge < -0.3 is 5.11 Å². The Bertz CT molecular complexity index is 282. The molecule has 0 aromatic heterocycles. The highest BCUT2D eigenvalue weighted by atomic mass is 32.2. The van der Waals surface area contributed by atoms with E-state index in [1.165, 1.54) is 0 Å². The smallest absolute Gasteiger partial charge is 0.302 e. The summed E-state index contributed by atoms with van der Waals surface area (Å²) in [5.74, 6) is -0.810. The maximum Gasteiger partial charge on any atom is 0.302 e. The molecule has 0 amide bonds. The first-order valence-corrected chi connectivity index (χ1v) is 5.92. The van der Waals surface area contributed by atoms with Gasteiger partial charge in [-0.25, -0.2) is 8.42 Å². The molecule has 3 atom stereocenters. The summed E-state index contributed by atoms with van der Waals surface area (Å²) in [5.41, 5.74) is 0. The average Bonchev–Trinajstić information content (AvgIpc) is 2.03. The number of aliphatic hydroxyl groups excluding tert-OH is 1. The van der Waals surface area contributed by atoms with Crippen LogP contribution in [-0.4, -0.2) is 46.0 Å². The van der Waals surface area contributed by atoms with Crippen molar-refractivity contribution >= 4 is 21.2 Å². The van der Waals surface area contributed by atoms with Gasteiger partial charge >= 0.3 is 11.4 Å². The van der Waals surface area contributed by atoms with Crippen LogP contribution in [0.25, 0.3) is 0 Å². The fourth-order valence-electron chi connectivity index (χ4n) is 0.995. The van der Waals surface area contributed by atoms with Crippen molar-refractivity contribution in [2.24, 2.45) is 0 Å². The second kappa shape index (κ2) is 3.38. The van der Waals surface area contributed by atoms with Crippen molar-refractivity contribution in [1.29, 1.82) is 0 Å². The molecule has 0 radical (unpaired) electrons. The number of hydrogen-bond donors (Lipinski definition) is 2. The van der Waals surface area contributed by atoms with E-state index >= 15 is 0 Å². The van der Waals surface area contributed by atoms with Crippen molar-refractivity contribution in [3.05, 3.63) is 0 Å². The molecule has 8 heteroatoms. The Morgan fingerprint density at radius 1 is 1.42 bits per heavy atom. The summed E-state index contributed by atoms with van der Waals surface area (Å²) in [7, 11) is -3.31. The lowest BCUT2D eigenvalue weighted by molar-refractivity contribution is 0.0766. The molecule has 72 valence electrons. The molecule has 1 saturated heterocycles. The van der Waals surface area contributed by atoms with Gasteiger partial charge in [-0.15, -0.1) is 0 Å². The first-order chi connectivity index (χ1) is 5.41. The highest BCUT2D eigenvalue weighted by Crippen LogP contribution is 2.16. The van der Waals surface area contributed by atoms with Crippen LogP contribution in [0, 0.1) is 0 Å². The molecule has 3 unspecified atom stereocenters. The summed E-state index contributed by atoms with van der Waals surface area (Å²) in [6.45, 7) is 0. The van der Waals surface area contributed by atoms with Crippen LogP contribution in [0.5, 0.6) is 0 Å². The zero-order valence-electron chi connectivity index (χ0n) is 5.91. The normalized spacial score (nSPS) is 36.5. The number of rotatable bonds is 2. The molecule has 12 heavy (non-hydrogen) atoms. The highest BCUT2D eigenvalue weighted by molar-refractivity contribution is 7.91. The first-order valence-electron chi connectivity index (χ1n) is 3.07. The van der Waals surface area contributed by atoms with E-state index in [1.807, 2.05) is 0 Å². The lowest BCUT2D eigenvalue weighted by atomic mass is 10.3. The monoisotopic (exact) mass is 216 g/mol. The van der Waals surface area contributed by atoms with Gasteiger partial charge in [0.2, 0.25) is 0 Å². The number of hydrogen-bond acceptors (Lipinski definition) is 5. The van der Waals surface area contributed by atoms with Gasteiger partial charge in [-0.3, -0.25) is 8.74 Å². The maximum atomic E-state index is 10.8. The van der Waals surface area contributed by atoms with Crippen LogP contribution in [0.1, 0.15) is 0 Å². The molecule has 1 aliphatic rings. The zero-order chi connectivity index (χ0) is 9.35. The Morgan fingerprint density at radius 3 is 2.33 bits per heavy atom. The molecule has 1 heterocycles. The van der Waals surface area contributed by atoms with E-state index in [1.54, 1.807) is 0 Å². The van der Waals surface area contributed by atoms with Crippen molar-refractivity contribution in [2.75, 3.05) is 11.5 Å². The highest BCUT2D eigenvalue weighted by Gasteiger charge is 2.38. The molecule has 0 aromatic carbocycles. The molecule has 6 nitrogen and oxygen atoms in total. The van der Waals surface area contributed by atoms with Crippen LogP contribution in [-0.2, 0) is 25.4 Å². The predicted octanol–water partition coefficient (Wildman–Crippen LogP) is -1.70. The van der Waals surface area contributed by atoms with Crippen molar-refractivity contribution in [3.8, 4) is 0 Å². The molecule has 0 aliphatic carbocycles. The van der Waals surface area contributed by atoms with Gasteiger partial charge in [0.1, 0.15) is 6.10 Å². The van der Waals surface area contributed by atoms with Crippen LogP contribution in [0.3, 0.4) is 0 Å². The summed E-state index contributed by atoms with van der Waals surface area (Å²) in [4.78, 5) is 0. The maximum absolute atomic E-state index is 10.8. The zero-order valence-corrected chi connectivity index (χ0v) is 7.55. The third-order valence-electron chi connectivity index (χ3n) is 1.48. The standard InChI is InChI=1S/C4H8O6S2/c5-3-1-12(8,9)2-4(3)10-11(6)7/h3-5H,1-2H2,(H,6,7). The average molecular weight is 216 g/mol. The van der Waals surface area contributed by atoms with E-state index in [0.717, 1.165) is 0 Å². The van der Waals surface area contributed by atoms with Crippen LogP contribution in [0.4, 0.5) is 0 Å². The van der Waals surface area contributed by atoms with Crippen LogP contribution in [0.15, 0.2) is 0 Å². The van der Waals surface area contributed by atoms with Crippen molar-refractivity contribution < 1.29 is 26.5 Å². The molecule has 0 saturated carbocycles. The van der Waals surface area contributed by atoms with Crippen molar-refractivity contribution in [1.82, 2.24) is 0 Å². The molecule has 1 aliphatic heterocycles. The minimum atomic E-state index is -3.31. The SMILES string of the molecule is O=S(O)OC1CS(=O)(=O)CC1O. The Labute approximate surface area is 71.9 Å². The minimum Gasteiger partial charge on any atom is -0.389 e. The fourth-order valence-corrected chi connectivity index (χ4v) is 3.15. The van der Waals surface area contributed by atoms with Gasteiger partial charge in [0.25, 0.3) is 0 Å². The van der Waals surface area contributed by atoms with E-state index in [-0.39, 0.29) is 0 Å².